The fraction of sp³-hybridized carbons (Fsp3) is 0.357. The van der Waals surface area contributed by atoms with Crippen LogP contribution in [0.25, 0.3) is 5.70 Å². The van der Waals surface area contributed by atoms with E-state index in [1.54, 1.807) is 18.0 Å². The fourth-order valence-electron chi connectivity index (χ4n) is 1.93. The molecule has 0 spiro atoms. The van der Waals surface area contributed by atoms with Crippen molar-refractivity contribution in [3.8, 4) is 5.75 Å². The minimum Gasteiger partial charge on any atom is -0.494 e. The minimum absolute atomic E-state index is 0. The van der Waals surface area contributed by atoms with Gasteiger partial charge in [-0.15, -0.1) is 28.9 Å². The number of hydrogen-bond acceptors (Lipinski definition) is 2. The van der Waals surface area contributed by atoms with Crippen molar-refractivity contribution in [2.75, 3.05) is 13.7 Å². The number of nitrogens with zero attached hydrogens (tertiary/aromatic N) is 1. The van der Waals surface area contributed by atoms with Crippen LogP contribution in [-0.4, -0.2) is 28.4 Å². The molecule has 0 fully saturated rings. The molecule has 1 aliphatic heterocycles. The molecule has 6 heteroatoms. The second-order valence-electron chi connectivity index (χ2n) is 4.17. The van der Waals surface area contributed by atoms with E-state index in [0.29, 0.717) is 18.1 Å². The van der Waals surface area contributed by atoms with Crippen molar-refractivity contribution in [3.05, 3.63) is 34.9 Å². The number of ether oxygens (including phenoxy) is 1. The van der Waals surface area contributed by atoms with Crippen LogP contribution in [0.3, 0.4) is 0 Å². The first kappa shape index (κ1) is 18.4. The van der Waals surface area contributed by atoms with E-state index in [1.165, 1.54) is 0 Å². The van der Waals surface area contributed by atoms with Crippen LogP contribution >= 0.6 is 34.2 Å². The summed E-state index contributed by atoms with van der Waals surface area (Å²) < 4.78 is 5.35. The molecule has 0 N–H and O–H groups in total. The van der Waals surface area contributed by atoms with Gasteiger partial charge < -0.3 is 9.64 Å². The molecule has 1 atom stereocenters. The molecule has 0 aromatic heterocycles. The summed E-state index contributed by atoms with van der Waals surface area (Å²) in [5.41, 5.74) is 1.55. The topological polar surface area (TPSA) is 29.5 Å². The fourth-order valence-corrected chi connectivity index (χ4v) is 2.83. The number of benzene rings is 1. The minimum atomic E-state index is -0.0483. The molecule has 1 amide bonds. The molecule has 1 aromatic rings. The number of halogens is 2. The Balaban J connectivity index is 0.00000200. The molecule has 105 valence electrons. The van der Waals surface area contributed by atoms with Crippen LogP contribution in [0.2, 0.25) is 5.02 Å². The molecule has 2 rings (SSSR count). The van der Waals surface area contributed by atoms with Crippen LogP contribution < -0.4 is 4.74 Å². The Morgan fingerprint density at radius 1 is 1.55 bits per heavy atom. The van der Waals surface area contributed by atoms with Crippen LogP contribution in [0.15, 0.2) is 18.2 Å². The van der Waals surface area contributed by atoms with Crippen molar-refractivity contribution in [1.29, 1.82) is 0 Å². The van der Waals surface area contributed by atoms with Crippen molar-refractivity contribution >= 4 is 45.8 Å². The van der Waals surface area contributed by atoms with Crippen molar-refractivity contribution in [3.63, 3.8) is 0 Å². The van der Waals surface area contributed by atoms with Crippen LogP contribution in [-0.2, 0) is 37.5 Å². The molecule has 20 heavy (non-hydrogen) atoms. The summed E-state index contributed by atoms with van der Waals surface area (Å²) >= 11 is 8.40. The average molecular weight is 480 g/mol. The van der Waals surface area contributed by atoms with Crippen molar-refractivity contribution in [2.45, 2.75) is 17.3 Å². The summed E-state index contributed by atoms with van der Waals surface area (Å²) in [6, 6.07) is 5.49. The zero-order chi connectivity index (χ0) is 14.0. The maximum Gasteiger partial charge on any atom is 0.235 e. The van der Waals surface area contributed by atoms with Gasteiger partial charge in [-0.1, -0.05) is 29.0 Å². The second-order valence-corrected chi connectivity index (χ2v) is 6.08. The van der Waals surface area contributed by atoms with Crippen molar-refractivity contribution in [2.24, 2.45) is 0 Å². The maximum absolute atomic E-state index is 12.0. The number of carbonyl (C=O) groups is 1. The molecule has 0 aliphatic carbocycles. The first-order valence-corrected chi connectivity index (χ1v) is 7.62. The van der Waals surface area contributed by atoms with Gasteiger partial charge in [-0.05, 0) is 24.1 Å². The molecule has 1 aliphatic rings. The van der Waals surface area contributed by atoms with Crippen LogP contribution in [0, 0.1) is 6.08 Å². The van der Waals surface area contributed by atoms with E-state index in [2.05, 4.69) is 28.7 Å². The molecule has 3 nitrogen and oxygen atoms in total. The summed E-state index contributed by atoms with van der Waals surface area (Å²) in [5, 5.41) is 0.569. The van der Waals surface area contributed by atoms with E-state index in [9.17, 15) is 4.79 Å². The third-order valence-electron chi connectivity index (χ3n) is 2.89. The standard InChI is InChI=1S/C14H14ClINO2.Y/c1-3-19-9-4-5-10(11(15)8-9)13-7-6-12(16)14(18)17(13)2;/h4-5,8,12H,3,6H2,1-2H3;/q-1;. The molecule has 0 saturated heterocycles. The Hall–Kier alpha value is 0.354. The first-order chi connectivity index (χ1) is 9.04. The van der Waals surface area contributed by atoms with Gasteiger partial charge in [0.1, 0.15) is 5.75 Å². The molecule has 1 aromatic carbocycles. The Bertz CT molecular complexity index is 536. The largest absolute Gasteiger partial charge is 0.494 e. The van der Waals surface area contributed by atoms with Gasteiger partial charge in [0, 0.05) is 39.8 Å². The Labute approximate surface area is 163 Å². The predicted molar refractivity (Wildman–Crippen MR) is 84.5 cm³/mol. The monoisotopic (exact) mass is 479 g/mol. The van der Waals surface area contributed by atoms with Gasteiger partial charge in [-0.3, -0.25) is 4.79 Å². The molecule has 1 radical (unpaired) electrons. The average Bonchev–Trinajstić information content (AvgIpc) is 2.38. The van der Waals surface area contributed by atoms with E-state index in [0.717, 1.165) is 17.0 Å². The summed E-state index contributed by atoms with van der Waals surface area (Å²) in [7, 11) is 1.75. The maximum atomic E-state index is 12.0. The van der Waals surface area contributed by atoms with E-state index < -0.39 is 0 Å². The van der Waals surface area contributed by atoms with Gasteiger partial charge in [0.25, 0.3) is 0 Å². The number of allylic oxidation sites excluding steroid dienone is 1. The van der Waals surface area contributed by atoms with Gasteiger partial charge in [-0.2, -0.15) is 0 Å². The molecule has 0 saturated carbocycles. The number of rotatable bonds is 3. The molecular formula is C14H14ClINO2Y-. The summed E-state index contributed by atoms with van der Waals surface area (Å²) in [5.74, 6) is 0.813. The summed E-state index contributed by atoms with van der Waals surface area (Å²) in [4.78, 5) is 13.6. The summed E-state index contributed by atoms with van der Waals surface area (Å²) in [6.45, 7) is 2.52. The zero-order valence-corrected chi connectivity index (χ0v) is 17.1. The smallest absolute Gasteiger partial charge is 0.235 e. The predicted octanol–water partition coefficient (Wildman–Crippen LogP) is 3.55. The van der Waals surface area contributed by atoms with Crippen molar-refractivity contribution < 1.29 is 42.2 Å². The van der Waals surface area contributed by atoms with E-state index in [-0.39, 0.29) is 42.5 Å². The SMILES string of the molecule is CCOc1ccc(C2=[C-]CC(I)C(=O)N2C)c(Cl)c1.[Y]. The van der Waals surface area contributed by atoms with E-state index >= 15 is 0 Å². The summed E-state index contributed by atoms with van der Waals surface area (Å²) in [6.07, 6.45) is 3.86. The van der Waals surface area contributed by atoms with Crippen LogP contribution in [0.4, 0.5) is 0 Å². The third-order valence-corrected chi connectivity index (χ3v) is 4.18. The van der Waals surface area contributed by atoms with Gasteiger partial charge in [-0.25, -0.2) is 6.08 Å². The number of carbonyl (C=O) groups excluding carboxylic acids is 1. The molecule has 0 bridgehead atoms. The van der Waals surface area contributed by atoms with Gasteiger partial charge in [0.15, 0.2) is 0 Å². The number of hydrogen-bond donors (Lipinski definition) is 0. The molecule has 1 unspecified atom stereocenters. The van der Waals surface area contributed by atoms with E-state index in [1.807, 2.05) is 19.1 Å². The molecule has 1 heterocycles. The number of alkyl halides is 1. The molecular weight excluding hydrogens is 465 g/mol. The third kappa shape index (κ3) is 3.96. The van der Waals surface area contributed by atoms with Gasteiger partial charge >= 0.3 is 0 Å². The van der Waals surface area contributed by atoms with E-state index in [4.69, 9.17) is 16.3 Å². The zero-order valence-electron chi connectivity index (χ0n) is 11.3. The Morgan fingerprint density at radius 3 is 2.85 bits per heavy atom. The Kier molecular flexibility index (Phi) is 7.46. The van der Waals surface area contributed by atoms with Crippen molar-refractivity contribution in [1.82, 2.24) is 4.90 Å². The number of amides is 1. The Morgan fingerprint density at radius 2 is 2.25 bits per heavy atom. The van der Waals surface area contributed by atoms with Gasteiger partial charge in [0.05, 0.1) is 10.5 Å². The van der Waals surface area contributed by atoms with Crippen LogP contribution in [0.5, 0.6) is 5.75 Å². The normalized spacial score (nSPS) is 18.4. The first-order valence-electron chi connectivity index (χ1n) is 5.99. The van der Waals surface area contributed by atoms with Crippen LogP contribution in [0.1, 0.15) is 18.9 Å². The van der Waals surface area contributed by atoms with Gasteiger partial charge in [0.2, 0.25) is 5.91 Å². The quantitative estimate of drug-likeness (QED) is 0.377. The second kappa shape index (κ2) is 8.11.